The highest BCUT2D eigenvalue weighted by Gasteiger charge is 2.43. The van der Waals surface area contributed by atoms with E-state index in [0.29, 0.717) is 12.4 Å². The van der Waals surface area contributed by atoms with E-state index in [1.165, 1.54) is 0 Å². The Morgan fingerprint density at radius 1 is 1.10 bits per heavy atom. The van der Waals surface area contributed by atoms with Crippen molar-refractivity contribution in [3.63, 3.8) is 0 Å². The van der Waals surface area contributed by atoms with Gasteiger partial charge in [-0.15, -0.1) is 0 Å². The van der Waals surface area contributed by atoms with Crippen molar-refractivity contribution in [3.8, 4) is 0 Å². The van der Waals surface area contributed by atoms with Gasteiger partial charge >= 0.3 is 0 Å². The van der Waals surface area contributed by atoms with Crippen molar-refractivity contribution in [2.24, 2.45) is 5.41 Å². The van der Waals surface area contributed by atoms with Gasteiger partial charge in [0.1, 0.15) is 5.60 Å². The summed E-state index contributed by atoms with van der Waals surface area (Å²) < 4.78 is 19.4. The van der Waals surface area contributed by atoms with Gasteiger partial charge in [0.05, 0.1) is 0 Å². The van der Waals surface area contributed by atoms with Crippen LogP contribution in [0.15, 0.2) is 0 Å². The fourth-order valence-corrected chi connectivity index (χ4v) is 3.02. The first-order chi connectivity index (χ1) is 9.30. The summed E-state index contributed by atoms with van der Waals surface area (Å²) in [5, 5.41) is -0.493. The standard InChI is InChI=1S/C14H19Cl2FN2O/c1-4-20-14(7-5-13(2,3)6-8-14)12-18-10(15)9(17)11(16)19-12/h4-8H2,1-3H3. The lowest BCUT2D eigenvalue weighted by molar-refractivity contribution is -0.0948. The highest BCUT2D eigenvalue weighted by molar-refractivity contribution is 6.33. The van der Waals surface area contributed by atoms with E-state index in [1.54, 1.807) is 0 Å². The second-order valence-electron chi connectivity index (χ2n) is 6.03. The predicted octanol–water partition coefficient (Wildman–Crippen LogP) is 4.75. The van der Waals surface area contributed by atoms with Crippen LogP contribution in [0.4, 0.5) is 4.39 Å². The molecule has 1 aromatic heterocycles. The monoisotopic (exact) mass is 320 g/mol. The molecule has 1 saturated carbocycles. The molecule has 0 atom stereocenters. The number of ether oxygens (including phenoxy) is 1. The maximum Gasteiger partial charge on any atom is 0.197 e. The Labute approximate surface area is 128 Å². The maximum atomic E-state index is 13.5. The lowest BCUT2D eigenvalue weighted by Gasteiger charge is -2.42. The molecule has 3 nitrogen and oxygen atoms in total. The summed E-state index contributed by atoms with van der Waals surface area (Å²) >= 11 is 11.6. The molecule has 0 radical (unpaired) electrons. The van der Waals surface area contributed by atoms with Gasteiger partial charge in [-0.1, -0.05) is 37.0 Å². The number of aromatic nitrogens is 2. The minimum absolute atomic E-state index is 0.246. The average Bonchev–Trinajstić information content (AvgIpc) is 2.38. The zero-order valence-corrected chi connectivity index (χ0v) is 13.5. The number of rotatable bonds is 3. The Bertz CT molecular complexity index is 475. The summed E-state index contributed by atoms with van der Waals surface area (Å²) in [6.07, 6.45) is 3.55. The Hall–Kier alpha value is -0.450. The largest absolute Gasteiger partial charge is 0.367 e. The first kappa shape index (κ1) is 15.9. The van der Waals surface area contributed by atoms with Crippen LogP contribution in [0.5, 0.6) is 0 Å². The van der Waals surface area contributed by atoms with Gasteiger partial charge in [0.15, 0.2) is 21.9 Å². The van der Waals surface area contributed by atoms with E-state index < -0.39 is 11.4 Å². The molecule has 1 aliphatic carbocycles. The second-order valence-corrected chi connectivity index (χ2v) is 6.75. The zero-order chi connectivity index (χ0) is 15.0. The second kappa shape index (κ2) is 5.74. The van der Waals surface area contributed by atoms with Gasteiger partial charge < -0.3 is 4.74 Å². The van der Waals surface area contributed by atoms with Crippen LogP contribution < -0.4 is 0 Å². The molecule has 1 aromatic rings. The lowest BCUT2D eigenvalue weighted by Crippen LogP contribution is -2.39. The van der Waals surface area contributed by atoms with E-state index in [-0.39, 0.29) is 15.7 Å². The van der Waals surface area contributed by atoms with Crippen molar-refractivity contribution < 1.29 is 9.13 Å². The van der Waals surface area contributed by atoms with Gasteiger partial charge in [-0.25, -0.2) is 14.4 Å². The molecule has 20 heavy (non-hydrogen) atoms. The summed E-state index contributed by atoms with van der Waals surface area (Å²) in [6.45, 7) is 6.92. The molecule has 0 amide bonds. The van der Waals surface area contributed by atoms with E-state index >= 15 is 0 Å². The fraction of sp³-hybridized carbons (Fsp3) is 0.714. The van der Waals surface area contributed by atoms with E-state index in [1.807, 2.05) is 6.92 Å². The van der Waals surface area contributed by atoms with Crippen molar-refractivity contribution >= 4 is 23.2 Å². The van der Waals surface area contributed by atoms with Crippen LogP contribution in [-0.4, -0.2) is 16.6 Å². The van der Waals surface area contributed by atoms with Gasteiger partial charge in [-0.3, -0.25) is 0 Å². The van der Waals surface area contributed by atoms with Gasteiger partial charge in [0, 0.05) is 6.61 Å². The third-order valence-corrected chi connectivity index (χ3v) is 4.51. The van der Waals surface area contributed by atoms with Crippen molar-refractivity contribution in [3.05, 3.63) is 21.9 Å². The first-order valence-corrected chi connectivity index (χ1v) is 7.58. The van der Waals surface area contributed by atoms with E-state index in [4.69, 9.17) is 27.9 Å². The highest BCUT2D eigenvalue weighted by atomic mass is 35.5. The Morgan fingerprint density at radius 2 is 1.60 bits per heavy atom. The molecule has 0 N–H and O–H groups in total. The van der Waals surface area contributed by atoms with Crippen LogP contribution >= 0.6 is 23.2 Å². The van der Waals surface area contributed by atoms with Crippen LogP contribution in [0.25, 0.3) is 0 Å². The molecule has 1 heterocycles. The highest BCUT2D eigenvalue weighted by Crippen LogP contribution is 2.46. The summed E-state index contributed by atoms with van der Waals surface area (Å²) in [6, 6.07) is 0. The maximum absolute atomic E-state index is 13.5. The lowest BCUT2D eigenvalue weighted by atomic mass is 9.70. The molecule has 0 aromatic carbocycles. The van der Waals surface area contributed by atoms with E-state index in [2.05, 4.69) is 23.8 Å². The first-order valence-electron chi connectivity index (χ1n) is 6.83. The Morgan fingerprint density at radius 3 is 2.05 bits per heavy atom. The zero-order valence-electron chi connectivity index (χ0n) is 12.0. The van der Waals surface area contributed by atoms with Gasteiger partial charge in [0.25, 0.3) is 0 Å². The predicted molar refractivity (Wildman–Crippen MR) is 77.6 cm³/mol. The van der Waals surface area contributed by atoms with Crippen molar-refractivity contribution in [1.82, 2.24) is 9.97 Å². The minimum atomic E-state index is -0.778. The number of hydrogen-bond acceptors (Lipinski definition) is 3. The van der Waals surface area contributed by atoms with Crippen molar-refractivity contribution in [1.29, 1.82) is 0 Å². The molecule has 112 valence electrons. The number of halogens is 3. The quantitative estimate of drug-likeness (QED) is 0.753. The topological polar surface area (TPSA) is 35.0 Å². The van der Waals surface area contributed by atoms with Crippen LogP contribution in [0.2, 0.25) is 10.3 Å². The molecule has 0 aliphatic heterocycles. The molecular weight excluding hydrogens is 302 g/mol. The molecule has 1 aliphatic rings. The molecule has 6 heteroatoms. The van der Waals surface area contributed by atoms with E-state index in [9.17, 15) is 4.39 Å². The third kappa shape index (κ3) is 3.07. The minimum Gasteiger partial charge on any atom is -0.367 e. The molecule has 1 fully saturated rings. The fourth-order valence-electron chi connectivity index (χ4n) is 2.64. The average molecular weight is 321 g/mol. The molecule has 0 bridgehead atoms. The smallest absolute Gasteiger partial charge is 0.197 e. The SMILES string of the molecule is CCOC1(c2nc(Cl)c(F)c(Cl)n2)CCC(C)(C)CC1. The van der Waals surface area contributed by atoms with Crippen LogP contribution in [0, 0.1) is 11.2 Å². The normalized spacial score (nSPS) is 20.9. The van der Waals surface area contributed by atoms with Crippen molar-refractivity contribution in [2.45, 2.75) is 52.1 Å². The molecule has 0 spiro atoms. The van der Waals surface area contributed by atoms with Crippen molar-refractivity contribution in [2.75, 3.05) is 6.61 Å². The molecule has 0 saturated heterocycles. The Kier molecular flexibility index (Phi) is 4.57. The molecule has 2 rings (SSSR count). The summed E-state index contributed by atoms with van der Waals surface area (Å²) in [7, 11) is 0. The van der Waals surface area contributed by atoms with Crippen LogP contribution in [-0.2, 0) is 10.3 Å². The number of hydrogen-bond donors (Lipinski definition) is 0. The third-order valence-electron chi connectivity index (χ3n) is 4.01. The number of nitrogens with zero attached hydrogens (tertiary/aromatic N) is 2. The summed E-state index contributed by atoms with van der Waals surface area (Å²) in [4.78, 5) is 8.13. The van der Waals surface area contributed by atoms with Crippen LogP contribution in [0.1, 0.15) is 52.3 Å². The van der Waals surface area contributed by atoms with Crippen LogP contribution in [0.3, 0.4) is 0 Å². The van der Waals surface area contributed by atoms with Gasteiger partial charge in [-0.2, -0.15) is 0 Å². The molecular formula is C14H19Cl2FN2O. The molecule has 0 unspecified atom stereocenters. The van der Waals surface area contributed by atoms with E-state index in [0.717, 1.165) is 25.7 Å². The summed E-state index contributed by atoms with van der Waals surface area (Å²) in [5.74, 6) is -0.383. The van der Waals surface area contributed by atoms with Gasteiger partial charge in [0.2, 0.25) is 0 Å². The van der Waals surface area contributed by atoms with Gasteiger partial charge in [-0.05, 0) is 38.0 Å². The summed E-state index contributed by atoms with van der Waals surface area (Å²) in [5.41, 5.74) is -0.334. The Balaban J connectivity index is 2.39.